The molecule has 0 bridgehead atoms. The largest absolute Gasteiger partial charge is 0.378 e. The molecule has 6 heteroatoms. The Kier molecular flexibility index (Phi) is 4.61. The van der Waals surface area contributed by atoms with E-state index in [9.17, 15) is 4.39 Å². The number of rotatable bonds is 3. The van der Waals surface area contributed by atoms with Gasteiger partial charge in [0.15, 0.2) is 0 Å². The summed E-state index contributed by atoms with van der Waals surface area (Å²) in [4.78, 5) is 0. The third kappa shape index (κ3) is 2.56. The lowest BCUT2D eigenvalue weighted by Crippen LogP contribution is -2.36. The molecule has 2 rings (SSSR count). The van der Waals surface area contributed by atoms with E-state index in [1.54, 1.807) is 12.1 Å². The number of hydrazine groups is 1. The summed E-state index contributed by atoms with van der Waals surface area (Å²) in [6.07, 6.45) is 0.899. The van der Waals surface area contributed by atoms with Gasteiger partial charge in [0.2, 0.25) is 0 Å². The summed E-state index contributed by atoms with van der Waals surface area (Å²) in [6.45, 7) is 2.65. The van der Waals surface area contributed by atoms with Crippen molar-refractivity contribution < 1.29 is 9.13 Å². The van der Waals surface area contributed by atoms with Crippen molar-refractivity contribution in [3.05, 3.63) is 33.0 Å². The van der Waals surface area contributed by atoms with Gasteiger partial charge in [-0.2, -0.15) is 0 Å². The topological polar surface area (TPSA) is 47.3 Å². The zero-order chi connectivity index (χ0) is 13.3. The standard InChI is InChI=1S/C12H15BrClFN2O/c1-6-7(4-5-18-6)12(17-16)8-2-3-9(13)10(14)11(8)15/h2-3,6-7,12,17H,4-5,16H2,1H3. The first-order valence-corrected chi connectivity index (χ1v) is 6.94. The second kappa shape index (κ2) is 5.84. The predicted octanol–water partition coefficient (Wildman–Crippen LogP) is 3.17. The predicted molar refractivity (Wildman–Crippen MR) is 72.7 cm³/mol. The van der Waals surface area contributed by atoms with Crippen LogP contribution in [0, 0.1) is 11.7 Å². The second-order valence-electron chi connectivity index (χ2n) is 4.44. The molecule has 1 aliphatic rings. The molecule has 18 heavy (non-hydrogen) atoms. The molecule has 1 saturated heterocycles. The molecule has 1 fully saturated rings. The van der Waals surface area contributed by atoms with Gasteiger partial charge in [-0.25, -0.2) is 4.39 Å². The summed E-state index contributed by atoms with van der Waals surface area (Å²) >= 11 is 9.10. The summed E-state index contributed by atoms with van der Waals surface area (Å²) in [7, 11) is 0. The number of halogens is 3. The van der Waals surface area contributed by atoms with Gasteiger partial charge in [-0.3, -0.25) is 11.3 Å². The lowest BCUT2D eigenvalue weighted by Gasteiger charge is -2.26. The maximum Gasteiger partial charge on any atom is 0.147 e. The van der Waals surface area contributed by atoms with E-state index in [0.717, 1.165) is 6.42 Å². The Hall–Kier alpha value is -0.200. The van der Waals surface area contributed by atoms with Crippen molar-refractivity contribution in [3.63, 3.8) is 0 Å². The molecule has 0 amide bonds. The minimum Gasteiger partial charge on any atom is -0.378 e. The van der Waals surface area contributed by atoms with Crippen LogP contribution >= 0.6 is 27.5 Å². The molecule has 1 aliphatic heterocycles. The van der Waals surface area contributed by atoms with E-state index < -0.39 is 5.82 Å². The monoisotopic (exact) mass is 336 g/mol. The normalized spacial score (nSPS) is 25.4. The molecular formula is C12H15BrClFN2O. The van der Waals surface area contributed by atoms with E-state index >= 15 is 0 Å². The van der Waals surface area contributed by atoms with Gasteiger partial charge in [-0.1, -0.05) is 17.7 Å². The number of hydrogen-bond acceptors (Lipinski definition) is 3. The smallest absolute Gasteiger partial charge is 0.147 e. The van der Waals surface area contributed by atoms with Gasteiger partial charge in [0.1, 0.15) is 5.82 Å². The fourth-order valence-electron chi connectivity index (χ4n) is 2.41. The van der Waals surface area contributed by atoms with Gasteiger partial charge in [-0.15, -0.1) is 0 Å². The van der Waals surface area contributed by atoms with Crippen molar-refractivity contribution in [1.82, 2.24) is 5.43 Å². The molecule has 3 atom stereocenters. The molecule has 0 saturated carbocycles. The Bertz CT molecular complexity index is 446. The molecule has 3 nitrogen and oxygen atoms in total. The first-order valence-electron chi connectivity index (χ1n) is 5.77. The Morgan fingerprint density at radius 2 is 2.33 bits per heavy atom. The molecule has 0 aliphatic carbocycles. The van der Waals surface area contributed by atoms with Gasteiger partial charge < -0.3 is 4.74 Å². The Balaban J connectivity index is 2.36. The highest BCUT2D eigenvalue weighted by Crippen LogP contribution is 2.37. The molecule has 3 unspecified atom stereocenters. The maximum absolute atomic E-state index is 14.2. The van der Waals surface area contributed by atoms with Crippen LogP contribution in [0.2, 0.25) is 5.02 Å². The van der Waals surface area contributed by atoms with Crippen LogP contribution in [0.4, 0.5) is 4.39 Å². The van der Waals surface area contributed by atoms with Crippen molar-refractivity contribution in [2.24, 2.45) is 11.8 Å². The molecule has 100 valence electrons. The zero-order valence-electron chi connectivity index (χ0n) is 9.92. The molecule has 1 aromatic rings. The number of ether oxygens (including phenoxy) is 1. The number of nitrogens with two attached hydrogens (primary N) is 1. The lowest BCUT2D eigenvalue weighted by molar-refractivity contribution is 0.0949. The Morgan fingerprint density at radius 1 is 1.61 bits per heavy atom. The number of benzene rings is 1. The number of hydrogen-bond donors (Lipinski definition) is 2. The molecular weight excluding hydrogens is 322 g/mol. The SMILES string of the molecule is CC1OCCC1C(NN)c1ccc(Br)c(Cl)c1F. The summed E-state index contributed by atoms with van der Waals surface area (Å²) in [5, 5.41) is 0.0827. The minimum absolute atomic E-state index is 0.0490. The highest BCUT2D eigenvalue weighted by Gasteiger charge is 2.34. The number of nitrogens with one attached hydrogen (secondary N) is 1. The molecule has 0 spiro atoms. The van der Waals surface area contributed by atoms with E-state index in [-0.39, 0.29) is 23.1 Å². The third-order valence-electron chi connectivity index (χ3n) is 3.44. The molecule has 3 N–H and O–H groups in total. The summed E-state index contributed by atoms with van der Waals surface area (Å²) in [5.41, 5.74) is 3.16. The van der Waals surface area contributed by atoms with E-state index in [2.05, 4.69) is 21.4 Å². The Morgan fingerprint density at radius 3 is 2.89 bits per heavy atom. The highest BCUT2D eigenvalue weighted by atomic mass is 79.9. The molecule has 1 aromatic carbocycles. The van der Waals surface area contributed by atoms with Crippen molar-refractivity contribution in [3.8, 4) is 0 Å². The van der Waals surface area contributed by atoms with Crippen LogP contribution in [0.25, 0.3) is 0 Å². The van der Waals surface area contributed by atoms with Gasteiger partial charge in [0.25, 0.3) is 0 Å². The lowest BCUT2D eigenvalue weighted by atomic mass is 9.88. The molecule has 0 radical (unpaired) electrons. The van der Waals surface area contributed by atoms with Crippen LogP contribution in [0.5, 0.6) is 0 Å². The van der Waals surface area contributed by atoms with E-state index in [1.807, 2.05) is 6.92 Å². The van der Waals surface area contributed by atoms with Crippen LogP contribution in [0.1, 0.15) is 24.9 Å². The summed E-state index contributed by atoms with van der Waals surface area (Å²) in [5.74, 6) is 5.28. The Labute approximate surface area is 119 Å². The second-order valence-corrected chi connectivity index (χ2v) is 5.67. The average molecular weight is 338 g/mol. The van der Waals surface area contributed by atoms with Gasteiger partial charge >= 0.3 is 0 Å². The summed E-state index contributed by atoms with van der Waals surface area (Å²) < 4.78 is 20.2. The third-order valence-corrected chi connectivity index (χ3v) is 4.70. The van der Waals surface area contributed by atoms with Gasteiger partial charge in [0, 0.05) is 22.6 Å². The summed E-state index contributed by atoms with van der Waals surface area (Å²) in [6, 6.07) is 3.12. The average Bonchev–Trinajstić information content (AvgIpc) is 2.77. The van der Waals surface area contributed by atoms with E-state index in [1.165, 1.54) is 0 Å². The van der Waals surface area contributed by atoms with Crippen molar-refractivity contribution in [2.45, 2.75) is 25.5 Å². The van der Waals surface area contributed by atoms with Gasteiger partial charge in [-0.05, 0) is 35.3 Å². The van der Waals surface area contributed by atoms with Crippen LogP contribution in [0.15, 0.2) is 16.6 Å². The van der Waals surface area contributed by atoms with E-state index in [4.69, 9.17) is 22.2 Å². The molecule has 0 aromatic heterocycles. The molecule has 1 heterocycles. The van der Waals surface area contributed by atoms with Gasteiger partial charge in [0.05, 0.1) is 17.2 Å². The van der Waals surface area contributed by atoms with Crippen LogP contribution in [0.3, 0.4) is 0 Å². The fraction of sp³-hybridized carbons (Fsp3) is 0.500. The van der Waals surface area contributed by atoms with E-state index in [0.29, 0.717) is 16.6 Å². The zero-order valence-corrected chi connectivity index (χ0v) is 12.3. The van der Waals surface area contributed by atoms with Crippen LogP contribution in [-0.4, -0.2) is 12.7 Å². The van der Waals surface area contributed by atoms with Crippen molar-refractivity contribution >= 4 is 27.5 Å². The van der Waals surface area contributed by atoms with Crippen molar-refractivity contribution in [2.75, 3.05) is 6.61 Å². The highest BCUT2D eigenvalue weighted by molar-refractivity contribution is 9.10. The maximum atomic E-state index is 14.2. The van der Waals surface area contributed by atoms with Crippen LogP contribution in [-0.2, 0) is 4.74 Å². The minimum atomic E-state index is -0.437. The quantitative estimate of drug-likeness (QED) is 0.506. The first-order chi connectivity index (χ1) is 8.56. The van der Waals surface area contributed by atoms with Crippen LogP contribution < -0.4 is 11.3 Å². The fourth-order valence-corrected chi connectivity index (χ4v) is 2.89. The van der Waals surface area contributed by atoms with Crippen molar-refractivity contribution in [1.29, 1.82) is 0 Å². The first kappa shape index (κ1) is 14.2.